The summed E-state index contributed by atoms with van der Waals surface area (Å²) in [5.41, 5.74) is 0.683. The van der Waals surface area contributed by atoms with Crippen molar-refractivity contribution in [3.05, 3.63) is 52.5 Å². The molecule has 0 radical (unpaired) electrons. The Morgan fingerprint density at radius 2 is 2.00 bits per heavy atom. The van der Waals surface area contributed by atoms with Gasteiger partial charge < -0.3 is 10.1 Å². The summed E-state index contributed by atoms with van der Waals surface area (Å²) >= 11 is 1.60. The Morgan fingerprint density at radius 3 is 2.59 bits per heavy atom. The smallest absolute Gasteiger partial charge is 0.407 e. The zero-order valence-corrected chi connectivity index (χ0v) is 14.0. The third-order valence-corrected chi connectivity index (χ3v) is 3.75. The second-order valence-corrected chi connectivity index (χ2v) is 7.14. The van der Waals surface area contributed by atoms with E-state index < -0.39 is 5.60 Å². The maximum absolute atomic E-state index is 12.0. The van der Waals surface area contributed by atoms with E-state index in [1.807, 2.05) is 44.4 Å². The zero-order chi connectivity index (χ0) is 16.0. The summed E-state index contributed by atoms with van der Waals surface area (Å²) in [5, 5.41) is 5.92. The Labute approximate surface area is 135 Å². The Morgan fingerprint density at radius 1 is 1.27 bits per heavy atom. The summed E-state index contributed by atoms with van der Waals surface area (Å²) in [6.07, 6.45) is 2.85. The van der Waals surface area contributed by atoms with Crippen LogP contribution in [0.5, 0.6) is 0 Å². The first-order valence-electron chi connectivity index (χ1n) is 7.34. The monoisotopic (exact) mass is 318 g/mol. The van der Waals surface area contributed by atoms with Gasteiger partial charge >= 0.3 is 6.09 Å². The van der Waals surface area contributed by atoms with Crippen molar-refractivity contribution in [1.82, 2.24) is 10.3 Å². The molecular formula is C17H22N2O2S. The molecule has 1 unspecified atom stereocenters. The van der Waals surface area contributed by atoms with Crippen molar-refractivity contribution < 1.29 is 9.53 Å². The molecule has 0 aliphatic carbocycles. The van der Waals surface area contributed by atoms with Crippen molar-refractivity contribution in [2.24, 2.45) is 0 Å². The van der Waals surface area contributed by atoms with Crippen LogP contribution in [0.2, 0.25) is 0 Å². The molecule has 2 rings (SSSR count). The highest BCUT2D eigenvalue weighted by Crippen LogP contribution is 2.13. The van der Waals surface area contributed by atoms with Crippen molar-refractivity contribution in [1.29, 1.82) is 0 Å². The highest BCUT2D eigenvalue weighted by atomic mass is 32.1. The Hall–Kier alpha value is -1.88. The lowest BCUT2D eigenvalue weighted by Crippen LogP contribution is -2.41. The molecule has 0 fully saturated rings. The van der Waals surface area contributed by atoms with E-state index in [2.05, 4.69) is 22.4 Å². The molecular weight excluding hydrogens is 296 g/mol. The number of thiazole rings is 1. The van der Waals surface area contributed by atoms with Gasteiger partial charge in [-0.05, 0) is 32.8 Å². The van der Waals surface area contributed by atoms with Gasteiger partial charge in [-0.2, -0.15) is 0 Å². The van der Waals surface area contributed by atoms with E-state index >= 15 is 0 Å². The Bertz CT molecular complexity index is 576. The molecule has 0 saturated carbocycles. The first-order chi connectivity index (χ1) is 10.4. The highest BCUT2D eigenvalue weighted by Gasteiger charge is 2.20. The molecule has 0 bridgehead atoms. The fourth-order valence-corrected chi connectivity index (χ4v) is 2.81. The van der Waals surface area contributed by atoms with Gasteiger partial charge in [-0.1, -0.05) is 30.3 Å². The Kier molecular flexibility index (Phi) is 5.55. The molecule has 0 aliphatic heterocycles. The number of hydrogen-bond donors (Lipinski definition) is 1. The number of amides is 1. The molecule has 118 valence electrons. The molecule has 0 spiro atoms. The number of benzene rings is 1. The average molecular weight is 318 g/mol. The third-order valence-electron chi connectivity index (χ3n) is 2.95. The molecule has 1 atom stereocenters. The summed E-state index contributed by atoms with van der Waals surface area (Å²) in [5.74, 6) is 0. The first kappa shape index (κ1) is 16.5. The summed E-state index contributed by atoms with van der Waals surface area (Å²) in [4.78, 5) is 16.3. The van der Waals surface area contributed by atoms with Crippen LogP contribution in [-0.4, -0.2) is 22.7 Å². The van der Waals surface area contributed by atoms with Crippen molar-refractivity contribution in [3.63, 3.8) is 0 Å². The minimum absolute atomic E-state index is 0.0385. The number of ether oxygens (including phenoxy) is 1. The second-order valence-electron chi connectivity index (χ2n) is 6.16. The molecule has 5 heteroatoms. The normalized spacial score (nSPS) is 12.7. The predicted octanol–water partition coefficient (Wildman–Crippen LogP) is 3.82. The molecule has 1 aromatic carbocycles. The summed E-state index contributed by atoms with van der Waals surface area (Å²) in [6, 6.07) is 10.1. The van der Waals surface area contributed by atoms with Gasteiger partial charge in [0.1, 0.15) is 5.60 Å². The van der Waals surface area contributed by atoms with Crippen LogP contribution in [0.3, 0.4) is 0 Å². The van der Waals surface area contributed by atoms with Gasteiger partial charge in [0, 0.05) is 24.0 Å². The fraction of sp³-hybridized carbons (Fsp3) is 0.412. The van der Waals surface area contributed by atoms with Crippen molar-refractivity contribution in [2.75, 3.05) is 0 Å². The summed E-state index contributed by atoms with van der Waals surface area (Å²) in [6.45, 7) is 5.58. The van der Waals surface area contributed by atoms with Gasteiger partial charge in [0.05, 0.1) is 5.01 Å². The van der Waals surface area contributed by atoms with Crippen LogP contribution in [0.15, 0.2) is 41.9 Å². The molecule has 1 heterocycles. The van der Waals surface area contributed by atoms with Gasteiger partial charge in [-0.25, -0.2) is 9.78 Å². The lowest BCUT2D eigenvalue weighted by molar-refractivity contribution is 0.0504. The number of hydrogen-bond acceptors (Lipinski definition) is 4. The second kappa shape index (κ2) is 7.40. The Balaban J connectivity index is 2.02. The molecule has 1 aromatic heterocycles. The highest BCUT2D eigenvalue weighted by molar-refractivity contribution is 7.09. The molecule has 1 N–H and O–H groups in total. The maximum atomic E-state index is 12.0. The van der Waals surface area contributed by atoms with Crippen LogP contribution in [-0.2, 0) is 17.6 Å². The third kappa shape index (κ3) is 5.85. The fourth-order valence-electron chi connectivity index (χ4n) is 2.11. The summed E-state index contributed by atoms with van der Waals surface area (Å²) in [7, 11) is 0. The number of carbonyl (C=O) groups is 1. The van der Waals surface area contributed by atoms with Gasteiger partial charge in [-0.15, -0.1) is 11.3 Å². The van der Waals surface area contributed by atoms with E-state index in [9.17, 15) is 4.79 Å². The van der Waals surface area contributed by atoms with Crippen LogP contribution in [0.1, 0.15) is 31.3 Å². The van der Waals surface area contributed by atoms with E-state index in [1.54, 1.807) is 17.5 Å². The number of nitrogens with one attached hydrogen (secondary N) is 1. The molecule has 1 amide bonds. The first-order valence-corrected chi connectivity index (χ1v) is 8.22. The van der Waals surface area contributed by atoms with Crippen molar-refractivity contribution in [2.45, 2.75) is 45.3 Å². The topological polar surface area (TPSA) is 51.2 Å². The number of rotatable bonds is 5. The minimum Gasteiger partial charge on any atom is -0.444 e. The lowest BCUT2D eigenvalue weighted by Gasteiger charge is -2.23. The van der Waals surface area contributed by atoms with E-state index in [0.717, 1.165) is 11.4 Å². The number of alkyl carbamates (subject to hydrolysis) is 1. The SMILES string of the molecule is CC(C)(C)OC(=O)NC(Cc1ccccc1)Cc1nccs1. The number of aromatic nitrogens is 1. The average Bonchev–Trinajstić information content (AvgIpc) is 2.90. The van der Waals surface area contributed by atoms with E-state index in [0.29, 0.717) is 6.42 Å². The van der Waals surface area contributed by atoms with E-state index in [4.69, 9.17) is 4.74 Å². The maximum Gasteiger partial charge on any atom is 0.407 e. The van der Waals surface area contributed by atoms with Crippen LogP contribution in [0.4, 0.5) is 4.79 Å². The molecule has 4 nitrogen and oxygen atoms in total. The van der Waals surface area contributed by atoms with Gasteiger partial charge in [0.25, 0.3) is 0 Å². The molecule has 0 aliphatic rings. The van der Waals surface area contributed by atoms with Crippen LogP contribution >= 0.6 is 11.3 Å². The van der Waals surface area contributed by atoms with Crippen molar-refractivity contribution in [3.8, 4) is 0 Å². The minimum atomic E-state index is -0.497. The number of carbonyl (C=O) groups excluding carboxylic acids is 1. The quantitative estimate of drug-likeness (QED) is 0.911. The van der Waals surface area contributed by atoms with Crippen LogP contribution in [0, 0.1) is 0 Å². The summed E-state index contributed by atoms with van der Waals surface area (Å²) < 4.78 is 5.36. The predicted molar refractivity (Wildman–Crippen MR) is 89.1 cm³/mol. The van der Waals surface area contributed by atoms with Gasteiger partial charge in [0.2, 0.25) is 0 Å². The molecule has 0 saturated heterocycles. The van der Waals surface area contributed by atoms with Gasteiger partial charge in [-0.3, -0.25) is 0 Å². The van der Waals surface area contributed by atoms with E-state index in [-0.39, 0.29) is 12.1 Å². The van der Waals surface area contributed by atoms with E-state index in [1.165, 1.54) is 5.56 Å². The van der Waals surface area contributed by atoms with Crippen molar-refractivity contribution >= 4 is 17.4 Å². The standard InChI is InChI=1S/C17H22N2O2S/c1-17(2,3)21-16(20)19-14(12-15-18-9-10-22-15)11-13-7-5-4-6-8-13/h4-10,14H,11-12H2,1-3H3,(H,19,20). The molecule has 2 aromatic rings. The molecule has 22 heavy (non-hydrogen) atoms. The largest absolute Gasteiger partial charge is 0.444 e. The van der Waals surface area contributed by atoms with Crippen LogP contribution in [0.25, 0.3) is 0 Å². The van der Waals surface area contributed by atoms with Crippen LogP contribution < -0.4 is 5.32 Å². The lowest BCUT2D eigenvalue weighted by atomic mass is 10.0. The van der Waals surface area contributed by atoms with Gasteiger partial charge in [0.15, 0.2) is 0 Å². The number of nitrogens with zero attached hydrogens (tertiary/aromatic N) is 1. The zero-order valence-electron chi connectivity index (χ0n) is 13.2.